The molecule has 1 heterocycles. The van der Waals surface area contributed by atoms with E-state index in [-0.39, 0.29) is 5.78 Å². The van der Waals surface area contributed by atoms with Gasteiger partial charge in [0.2, 0.25) is 0 Å². The van der Waals surface area contributed by atoms with Gasteiger partial charge >= 0.3 is 0 Å². The van der Waals surface area contributed by atoms with Gasteiger partial charge in [-0.25, -0.2) is 0 Å². The minimum absolute atomic E-state index is 0.0907. The van der Waals surface area contributed by atoms with Crippen molar-refractivity contribution in [1.82, 2.24) is 0 Å². The highest BCUT2D eigenvalue weighted by Crippen LogP contribution is 2.37. The van der Waals surface area contributed by atoms with Gasteiger partial charge in [0.1, 0.15) is 13.2 Å². The van der Waals surface area contributed by atoms with Gasteiger partial charge in [0, 0.05) is 24.5 Å². The Morgan fingerprint density at radius 2 is 1.48 bits per heavy atom. The molecule has 3 rings (SSSR count). The van der Waals surface area contributed by atoms with E-state index >= 15 is 0 Å². The second-order valence-electron chi connectivity index (χ2n) is 4.43. The summed E-state index contributed by atoms with van der Waals surface area (Å²) in [6.45, 7) is 1.01. The van der Waals surface area contributed by atoms with Crippen LogP contribution in [-0.2, 0) is 0 Å². The maximum Gasteiger partial charge on any atom is 0.195 e. The predicted molar refractivity (Wildman–Crippen MR) is 90.4 cm³/mol. The van der Waals surface area contributed by atoms with Crippen LogP contribution in [0.4, 0.5) is 0 Å². The van der Waals surface area contributed by atoms with E-state index in [1.807, 2.05) is 12.1 Å². The molecule has 1 aliphatic heterocycles. The molecule has 0 N–H and O–H groups in total. The molecule has 0 aliphatic carbocycles. The van der Waals surface area contributed by atoms with Crippen LogP contribution in [0.5, 0.6) is 11.5 Å². The van der Waals surface area contributed by atoms with Crippen molar-refractivity contribution < 1.29 is 14.3 Å². The Morgan fingerprint density at radius 3 is 2.19 bits per heavy atom. The number of hydrogen-bond acceptors (Lipinski definition) is 3. The average molecular weight is 477 g/mol. The van der Waals surface area contributed by atoms with Gasteiger partial charge in [0.05, 0.1) is 0 Å². The van der Waals surface area contributed by atoms with Crippen LogP contribution in [0.1, 0.15) is 15.9 Å². The zero-order valence-corrected chi connectivity index (χ0v) is 15.4. The van der Waals surface area contributed by atoms with E-state index in [1.54, 1.807) is 18.2 Å². The van der Waals surface area contributed by atoms with Crippen LogP contribution in [0.25, 0.3) is 0 Å². The predicted octanol–water partition coefficient (Wildman–Crippen LogP) is 4.98. The Balaban J connectivity index is 2.07. The molecule has 3 nitrogen and oxygen atoms in total. The van der Waals surface area contributed by atoms with Crippen molar-refractivity contribution in [3.8, 4) is 11.5 Å². The van der Waals surface area contributed by atoms with Gasteiger partial charge < -0.3 is 9.47 Å². The lowest BCUT2D eigenvalue weighted by atomic mass is 10.0. The number of fused-ring (bicyclic) bond motifs is 1. The topological polar surface area (TPSA) is 35.5 Å². The van der Waals surface area contributed by atoms with Crippen molar-refractivity contribution in [1.29, 1.82) is 0 Å². The summed E-state index contributed by atoms with van der Waals surface area (Å²) in [6, 6.07) is 8.99. The van der Waals surface area contributed by atoms with Crippen LogP contribution < -0.4 is 9.47 Å². The molecule has 6 heteroatoms. The third-order valence-electron chi connectivity index (χ3n) is 3.05. The Hall–Kier alpha value is -0.850. The van der Waals surface area contributed by atoms with Gasteiger partial charge in [-0.15, -0.1) is 0 Å². The first kappa shape index (κ1) is 15.1. The number of carbonyl (C=O) groups is 1. The molecule has 0 fully saturated rings. The molecule has 2 aromatic carbocycles. The SMILES string of the molecule is O=C(c1cc(Br)ccc1Br)c1cc2c(cc1Br)OCCO2. The number of ketones is 1. The van der Waals surface area contributed by atoms with Crippen molar-refractivity contribution >= 4 is 53.6 Å². The summed E-state index contributed by atoms with van der Waals surface area (Å²) in [5.74, 6) is 1.16. The molecule has 0 aromatic heterocycles. The monoisotopic (exact) mass is 474 g/mol. The van der Waals surface area contributed by atoms with Crippen molar-refractivity contribution in [2.45, 2.75) is 0 Å². The van der Waals surface area contributed by atoms with E-state index in [1.165, 1.54) is 0 Å². The van der Waals surface area contributed by atoms with E-state index in [0.717, 1.165) is 8.95 Å². The molecule has 0 spiro atoms. The van der Waals surface area contributed by atoms with Crippen LogP contribution in [0, 0.1) is 0 Å². The molecule has 0 amide bonds. The number of hydrogen-bond donors (Lipinski definition) is 0. The molecular formula is C15H9Br3O3. The second-order valence-corrected chi connectivity index (χ2v) is 7.05. The minimum Gasteiger partial charge on any atom is -0.486 e. The molecule has 0 unspecified atom stereocenters. The lowest BCUT2D eigenvalue weighted by Gasteiger charge is -2.19. The molecule has 2 aromatic rings. The number of ether oxygens (including phenoxy) is 2. The van der Waals surface area contributed by atoms with Gasteiger partial charge in [-0.05, 0) is 46.3 Å². The number of benzene rings is 2. The van der Waals surface area contributed by atoms with Crippen LogP contribution in [-0.4, -0.2) is 19.0 Å². The Bertz CT molecular complexity index is 728. The van der Waals surface area contributed by atoms with Gasteiger partial charge in [0.25, 0.3) is 0 Å². The van der Waals surface area contributed by atoms with Crippen LogP contribution in [0.3, 0.4) is 0 Å². The fourth-order valence-electron chi connectivity index (χ4n) is 2.05. The van der Waals surface area contributed by atoms with Gasteiger partial charge in [-0.2, -0.15) is 0 Å². The summed E-state index contributed by atoms with van der Waals surface area (Å²) in [5, 5.41) is 0. The average Bonchev–Trinajstić information content (AvgIpc) is 2.48. The van der Waals surface area contributed by atoms with Gasteiger partial charge in [-0.1, -0.05) is 31.9 Å². The molecule has 0 atom stereocenters. The molecule has 1 aliphatic rings. The van der Waals surface area contributed by atoms with Crippen molar-refractivity contribution in [3.63, 3.8) is 0 Å². The first-order chi connectivity index (χ1) is 10.1. The molecular weight excluding hydrogens is 468 g/mol. The van der Waals surface area contributed by atoms with E-state index in [2.05, 4.69) is 47.8 Å². The summed E-state index contributed by atoms with van der Waals surface area (Å²) < 4.78 is 13.3. The number of carbonyl (C=O) groups excluding carboxylic acids is 1. The first-order valence-electron chi connectivity index (χ1n) is 6.15. The standard InChI is InChI=1S/C15H9Br3O3/c16-8-1-2-11(17)9(5-8)15(19)10-6-13-14(7-12(10)18)21-4-3-20-13/h1-2,5-7H,3-4H2. The summed E-state index contributed by atoms with van der Waals surface area (Å²) in [4.78, 5) is 12.7. The second kappa shape index (κ2) is 6.10. The normalized spacial score (nSPS) is 13.1. The highest BCUT2D eigenvalue weighted by molar-refractivity contribution is 9.11. The van der Waals surface area contributed by atoms with Crippen molar-refractivity contribution in [2.75, 3.05) is 13.2 Å². The fourth-order valence-corrected chi connectivity index (χ4v) is 3.34. The van der Waals surface area contributed by atoms with Crippen LogP contribution in [0.2, 0.25) is 0 Å². The maximum absolute atomic E-state index is 12.7. The number of rotatable bonds is 2. The lowest BCUT2D eigenvalue weighted by molar-refractivity contribution is 0.103. The minimum atomic E-state index is -0.0907. The summed E-state index contributed by atoms with van der Waals surface area (Å²) in [7, 11) is 0. The van der Waals surface area contributed by atoms with Gasteiger partial charge in [0.15, 0.2) is 17.3 Å². The zero-order chi connectivity index (χ0) is 15.0. The molecule has 0 saturated heterocycles. The van der Waals surface area contributed by atoms with E-state index in [0.29, 0.717) is 40.3 Å². The highest BCUT2D eigenvalue weighted by atomic mass is 79.9. The molecule has 0 saturated carbocycles. The van der Waals surface area contributed by atoms with Gasteiger partial charge in [-0.3, -0.25) is 4.79 Å². The van der Waals surface area contributed by atoms with Crippen LogP contribution >= 0.6 is 47.8 Å². The van der Waals surface area contributed by atoms with E-state index in [9.17, 15) is 4.79 Å². The Labute approximate surface area is 147 Å². The zero-order valence-electron chi connectivity index (χ0n) is 10.7. The van der Waals surface area contributed by atoms with Crippen molar-refractivity contribution in [2.24, 2.45) is 0 Å². The fraction of sp³-hybridized carbons (Fsp3) is 0.133. The third kappa shape index (κ3) is 3.03. The smallest absolute Gasteiger partial charge is 0.195 e. The number of halogens is 3. The molecule has 21 heavy (non-hydrogen) atoms. The lowest BCUT2D eigenvalue weighted by Crippen LogP contribution is -2.16. The van der Waals surface area contributed by atoms with Crippen molar-refractivity contribution in [3.05, 3.63) is 54.9 Å². The maximum atomic E-state index is 12.7. The molecule has 0 radical (unpaired) electrons. The quantitative estimate of drug-likeness (QED) is 0.574. The van der Waals surface area contributed by atoms with Crippen LogP contribution in [0.15, 0.2) is 43.7 Å². The summed E-state index contributed by atoms with van der Waals surface area (Å²) in [6.07, 6.45) is 0. The third-order valence-corrected chi connectivity index (χ3v) is 4.89. The first-order valence-corrected chi connectivity index (χ1v) is 8.53. The Kier molecular flexibility index (Phi) is 4.38. The highest BCUT2D eigenvalue weighted by Gasteiger charge is 2.21. The van der Waals surface area contributed by atoms with E-state index in [4.69, 9.17) is 9.47 Å². The van der Waals surface area contributed by atoms with E-state index < -0.39 is 0 Å². The largest absolute Gasteiger partial charge is 0.486 e. The summed E-state index contributed by atoms with van der Waals surface area (Å²) >= 11 is 10.2. The molecule has 0 bridgehead atoms. The molecule has 108 valence electrons. The summed E-state index contributed by atoms with van der Waals surface area (Å²) in [5.41, 5.74) is 1.12. The Morgan fingerprint density at radius 1 is 0.857 bits per heavy atom.